The summed E-state index contributed by atoms with van der Waals surface area (Å²) in [6.45, 7) is 1.86. The minimum absolute atomic E-state index is 0.0325. The first-order valence-electron chi connectivity index (χ1n) is 6.43. The second kappa shape index (κ2) is 4.28. The van der Waals surface area contributed by atoms with Crippen molar-refractivity contribution in [1.82, 2.24) is 10.6 Å². The van der Waals surface area contributed by atoms with Crippen LogP contribution in [0.1, 0.15) is 28.8 Å². The fraction of sp³-hybridized carbons (Fsp3) is 0.500. The average Bonchev–Trinajstić information content (AvgIpc) is 2.79. The molecule has 0 saturated carbocycles. The van der Waals surface area contributed by atoms with Crippen molar-refractivity contribution in [2.45, 2.75) is 24.8 Å². The van der Waals surface area contributed by atoms with Crippen LogP contribution in [0.3, 0.4) is 0 Å². The zero-order valence-corrected chi connectivity index (χ0v) is 10.6. The van der Waals surface area contributed by atoms with E-state index >= 15 is 0 Å². The van der Waals surface area contributed by atoms with Crippen LogP contribution in [0.4, 0.5) is 0 Å². The molecule has 1 amide bonds. The molecule has 1 aromatic rings. The van der Waals surface area contributed by atoms with Crippen LogP contribution in [-0.2, 0) is 6.42 Å². The number of aryl methyl sites for hydroxylation is 1. The molecular formula is C14H18N2O2. The maximum atomic E-state index is 12.3. The Hall–Kier alpha value is -1.55. The van der Waals surface area contributed by atoms with E-state index in [1.807, 2.05) is 18.2 Å². The lowest BCUT2D eigenvalue weighted by Gasteiger charge is -2.27. The van der Waals surface area contributed by atoms with Crippen LogP contribution in [0, 0.1) is 0 Å². The molecule has 96 valence electrons. The van der Waals surface area contributed by atoms with Gasteiger partial charge in [-0.15, -0.1) is 0 Å². The summed E-state index contributed by atoms with van der Waals surface area (Å²) in [6.07, 6.45) is 2.97. The molecular weight excluding hydrogens is 228 g/mol. The van der Waals surface area contributed by atoms with Crippen LogP contribution in [0.5, 0.6) is 5.75 Å². The predicted molar refractivity (Wildman–Crippen MR) is 69.0 cm³/mol. The molecule has 4 nitrogen and oxygen atoms in total. The molecule has 1 spiro atoms. The third kappa shape index (κ3) is 1.86. The summed E-state index contributed by atoms with van der Waals surface area (Å²) in [5.41, 5.74) is 1.83. The van der Waals surface area contributed by atoms with Gasteiger partial charge in [-0.05, 0) is 43.5 Å². The summed E-state index contributed by atoms with van der Waals surface area (Å²) >= 11 is 0. The van der Waals surface area contributed by atoms with E-state index in [0.29, 0.717) is 0 Å². The largest absolute Gasteiger partial charge is 0.497 e. The van der Waals surface area contributed by atoms with E-state index in [9.17, 15) is 4.79 Å². The topological polar surface area (TPSA) is 50.4 Å². The minimum atomic E-state index is -0.0522. The van der Waals surface area contributed by atoms with Gasteiger partial charge in [0.1, 0.15) is 5.75 Å². The van der Waals surface area contributed by atoms with Gasteiger partial charge in [0.05, 0.1) is 12.6 Å². The Bertz CT molecular complexity index is 479. The van der Waals surface area contributed by atoms with E-state index in [-0.39, 0.29) is 11.4 Å². The van der Waals surface area contributed by atoms with Crippen molar-refractivity contribution in [2.24, 2.45) is 0 Å². The lowest BCUT2D eigenvalue weighted by Crippen LogP contribution is -2.49. The number of rotatable bonds is 1. The number of hydrogen-bond donors (Lipinski definition) is 2. The molecule has 1 atom stereocenters. The van der Waals surface area contributed by atoms with E-state index in [4.69, 9.17) is 4.74 Å². The molecule has 0 radical (unpaired) electrons. The Morgan fingerprint density at radius 2 is 2.22 bits per heavy atom. The fourth-order valence-electron chi connectivity index (χ4n) is 2.92. The fourth-order valence-corrected chi connectivity index (χ4v) is 2.92. The molecule has 2 heterocycles. The number of nitrogens with one attached hydrogen (secondary N) is 2. The Balaban J connectivity index is 1.95. The molecule has 2 N–H and O–H groups in total. The highest BCUT2D eigenvalue weighted by atomic mass is 16.5. The van der Waals surface area contributed by atoms with Gasteiger partial charge < -0.3 is 15.4 Å². The zero-order valence-electron chi connectivity index (χ0n) is 10.6. The summed E-state index contributed by atoms with van der Waals surface area (Å²) in [5, 5.41) is 6.55. The SMILES string of the molecule is COc1ccc2c(c1)C(=O)N[C@@]1(CCNC1)CC2. The first-order valence-corrected chi connectivity index (χ1v) is 6.43. The average molecular weight is 246 g/mol. The number of ether oxygens (including phenoxy) is 1. The predicted octanol–water partition coefficient (Wildman–Crippen LogP) is 1.10. The number of carbonyl (C=O) groups is 1. The molecule has 1 fully saturated rings. The third-order valence-corrected chi connectivity index (χ3v) is 4.06. The molecule has 0 aliphatic carbocycles. The monoisotopic (exact) mass is 246 g/mol. The first-order chi connectivity index (χ1) is 8.72. The summed E-state index contributed by atoms with van der Waals surface area (Å²) < 4.78 is 5.19. The minimum Gasteiger partial charge on any atom is -0.497 e. The van der Waals surface area contributed by atoms with Gasteiger partial charge in [0.25, 0.3) is 5.91 Å². The van der Waals surface area contributed by atoms with E-state index in [0.717, 1.165) is 49.2 Å². The lowest BCUT2D eigenvalue weighted by molar-refractivity contribution is 0.0908. The normalized spacial score (nSPS) is 26.6. The molecule has 18 heavy (non-hydrogen) atoms. The van der Waals surface area contributed by atoms with Gasteiger partial charge in [-0.3, -0.25) is 4.79 Å². The molecule has 2 aliphatic rings. The van der Waals surface area contributed by atoms with Crippen molar-refractivity contribution in [1.29, 1.82) is 0 Å². The van der Waals surface area contributed by atoms with Gasteiger partial charge in [0, 0.05) is 12.1 Å². The summed E-state index contributed by atoms with van der Waals surface area (Å²) in [4.78, 5) is 12.3. The van der Waals surface area contributed by atoms with Crippen molar-refractivity contribution in [2.75, 3.05) is 20.2 Å². The summed E-state index contributed by atoms with van der Waals surface area (Å²) in [6, 6.07) is 5.78. The Morgan fingerprint density at radius 1 is 1.33 bits per heavy atom. The second-order valence-corrected chi connectivity index (χ2v) is 5.18. The van der Waals surface area contributed by atoms with Gasteiger partial charge >= 0.3 is 0 Å². The molecule has 2 aliphatic heterocycles. The molecule has 3 rings (SSSR count). The third-order valence-electron chi connectivity index (χ3n) is 4.06. The first kappa shape index (κ1) is 11.5. The molecule has 4 heteroatoms. The number of hydrogen-bond acceptors (Lipinski definition) is 3. The van der Waals surface area contributed by atoms with Gasteiger partial charge in [0.2, 0.25) is 0 Å². The Labute approximate surface area is 107 Å². The van der Waals surface area contributed by atoms with E-state index < -0.39 is 0 Å². The lowest BCUT2D eigenvalue weighted by atomic mass is 9.91. The zero-order chi connectivity index (χ0) is 12.6. The number of benzene rings is 1. The van der Waals surface area contributed by atoms with E-state index in [2.05, 4.69) is 10.6 Å². The Kier molecular flexibility index (Phi) is 2.74. The number of methoxy groups -OCH3 is 1. The maximum Gasteiger partial charge on any atom is 0.252 e. The highest BCUT2D eigenvalue weighted by molar-refractivity contribution is 5.97. The van der Waals surface area contributed by atoms with Crippen molar-refractivity contribution in [3.05, 3.63) is 29.3 Å². The smallest absolute Gasteiger partial charge is 0.252 e. The van der Waals surface area contributed by atoms with Crippen LogP contribution in [0.2, 0.25) is 0 Å². The van der Waals surface area contributed by atoms with Crippen molar-refractivity contribution in [3.8, 4) is 5.75 Å². The van der Waals surface area contributed by atoms with Crippen LogP contribution < -0.4 is 15.4 Å². The molecule has 0 bridgehead atoms. The number of carbonyl (C=O) groups excluding carboxylic acids is 1. The molecule has 0 unspecified atom stereocenters. The van der Waals surface area contributed by atoms with Crippen LogP contribution in [0.25, 0.3) is 0 Å². The maximum absolute atomic E-state index is 12.3. The summed E-state index contributed by atoms with van der Waals surface area (Å²) in [5.74, 6) is 0.773. The quantitative estimate of drug-likeness (QED) is 0.780. The second-order valence-electron chi connectivity index (χ2n) is 5.18. The highest BCUT2D eigenvalue weighted by Crippen LogP contribution is 2.28. The van der Waals surface area contributed by atoms with Gasteiger partial charge in [-0.1, -0.05) is 6.07 Å². The number of fused-ring (bicyclic) bond motifs is 1. The van der Waals surface area contributed by atoms with Crippen LogP contribution in [-0.4, -0.2) is 31.6 Å². The van der Waals surface area contributed by atoms with Gasteiger partial charge in [0.15, 0.2) is 0 Å². The number of amides is 1. The van der Waals surface area contributed by atoms with Crippen LogP contribution >= 0.6 is 0 Å². The van der Waals surface area contributed by atoms with Crippen molar-refractivity contribution >= 4 is 5.91 Å². The summed E-state index contributed by atoms with van der Waals surface area (Å²) in [7, 11) is 1.62. The van der Waals surface area contributed by atoms with E-state index in [1.165, 1.54) is 0 Å². The van der Waals surface area contributed by atoms with Gasteiger partial charge in [-0.25, -0.2) is 0 Å². The highest BCUT2D eigenvalue weighted by Gasteiger charge is 2.37. The standard InChI is InChI=1S/C14H18N2O2/c1-18-11-3-2-10-4-5-14(6-7-15-9-14)16-13(17)12(10)8-11/h2-3,8,15H,4-7,9H2,1H3,(H,16,17)/t14-/m1/s1. The molecule has 1 aromatic carbocycles. The van der Waals surface area contributed by atoms with Gasteiger partial charge in [-0.2, -0.15) is 0 Å². The Morgan fingerprint density at radius 3 is 2.94 bits per heavy atom. The molecule has 0 aromatic heterocycles. The van der Waals surface area contributed by atoms with Crippen molar-refractivity contribution < 1.29 is 9.53 Å². The van der Waals surface area contributed by atoms with Crippen molar-refractivity contribution in [3.63, 3.8) is 0 Å². The molecule has 1 saturated heterocycles. The van der Waals surface area contributed by atoms with E-state index in [1.54, 1.807) is 7.11 Å². The van der Waals surface area contributed by atoms with Crippen LogP contribution in [0.15, 0.2) is 18.2 Å².